The maximum atomic E-state index is 12.0. The molecular formula is C13H17ClO2. The van der Waals surface area contributed by atoms with Crippen molar-refractivity contribution in [2.75, 3.05) is 7.11 Å². The summed E-state index contributed by atoms with van der Waals surface area (Å²) in [6, 6.07) is 5.17. The number of carbonyl (C=O) groups excluding carboxylic acids is 1. The second-order valence-corrected chi connectivity index (χ2v) is 4.31. The van der Waals surface area contributed by atoms with Crippen LogP contribution in [0.4, 0.5) is 0 Å². The Bertz CT molecular complexity index is 374. The number of halogens is 1. The minimum absolute atomic E-state index is 0.0504. The number of methoxy groups -OCH3 is 1. The van der Waals surface area contributed by atoms with Crippen LogP contribution in [0.25, 0.3) is 0 Å². The zero-order valence-electron chi connectivity index (χ0n) is 9.92. The zero-order chi connectivity index (χ0) is 12.1. The molecule has 16 heavy (non-hydrogen) atoms. The van der Waals surface area contributed by atoms with Crippen LogP contribution in [0.1, 0.15) is 37.0 Å². The molecular weight excluding hydrogens is 224 g/mol. The second-order valence-electron chi connectivity index (χ2n) is 3.90. The Hall–Kier alpha value is -1.02. The van der Waals surface area contributed by atoms with E-state index in [0.29, 0.717) is 16.3 Å². The molecule has 0 amide bonds. The predicted molar refractivity (Wildman–Crippen MR) is 66.4 cm³/mol. The molecule has 0 radical (unpaired) electrons. The molecule has 0 fully saturated rings. The third kappa shape index (κ3) is 2.99. The summed E-state index contributed by atoms with van der Waals surface area (Å²) in [5, 5.41) is 0.483. The van der Waals surface area contributed by atoms with E-state index in [1.807, 2.05) is 6.92 Å². The predicted octanol–water partition coefficient (Wildman–Crippen LogP) is 3.97. The van der Waals surface area contributed by atoms with Crippen molar-refractivity contribution in [2.24, 2.45) is 5.92 Å². The van der Waals surface area contributed by atoms with Crippen LogP contribution >= 0.6 is 11.6 Å². The summed E-state index contributed by atoms with van der Waals surface area (Å²) in [7, 11) is 1.56. The van der Waals surface area contributed by atoms with Crippen molar-refractivity contribution < 1.29 is 9.53 Å². The maximum absolute atomic E-state index is 12.0. The van der Waals surface area contributed by atoms with E-state index in [4.69, 9.17) is 16.3 Å². The van der Waals surface area contributed by atoms with Crippen LogP contribution in [0.2, 0.25) is 5.02 Å². The van der Waals surface area contributed by atoms with Gasteiger partial charge in [0.15, 0.2) is 5.78 Å². The van der Waals surface area contributed by atoms with E-state index in [0.717, 1.165) is 12.8 Å². The van der Waals surface area contributed by atoms with Gasteiger partial charge in [-0.1, -0.05) is 31.9 Å². The van der Waals surface area contributed by atoms with Crippen LogP contribution < -0.4 is 4.74 Å². The number of Topliss-reactive ketones (excluding diaryl/α,β-unsaturated/α-hetero) is 1. The fourth-order valence-corrected chi connectivity index (χ4v) is 1.93. The average Bonchev–Trinajstić information content (AvgIpc) is 2.28. The van der Waals surface area contributed by atoms with Gasteiger partial charge in [-0.15, -0.1) is 0 Å². The molecule has 1 aromatic rings. The lowest BCUT2D eigenvalue weighted by Crippen LogP contribution is -2.10. The first-order valence-corrected chi connectivity index (χ1v) is 5.85. The van der Waals surface area contributed by atoms with Crippen LogP contribution in [0.5, 0.6) is 5.75 Å². The highest BCUT2D eigenvalue weighted by atomic mass is 35.5. The van der Waals surface area contributed by atoms with Gasteiger partial charge >= 0.3 is 0 Å². The lowest BCUT2D eigenvalue weighted by molar-refractivity contribution is 0.0923. The molecule has 1 aromatic carbocycles. The van der Waals surface area contributed by atoms with Crippen LogP contribution in [0.3, 0.4) is 0 Å². The summed E-state index contributed by atoms with van der Waals surface area (Å²) in [5.74, 6) is 0.794. The molecule has 1 unspecified atom stereocenters. The normalized spacial score (nSPS) is 12.2. The summed E-state index contributed by atoms with van der Waals surface area (Å²) in [6.45, 7) is 4.02. The van der Waals surface area contributed by atoms with E-state index in [1.54, 1.807) is 25.3 Å². The molecule has 0 heterocycles. The van der Waals surface area contributed by atoms with Gasteiger partial charge in [0.1, 0.15) is 5.75 Å². The topological polar surface area (TPSA) is 26.3 Å². The summed E-state index contributed by atoms with van der Waals surface area (Å²) in [4.78, 5) is 12.0. The Morgan fingerprint density at radius 1 is 1.50 bits per heavy atom. The molecule has 1 rings (SSSR count). The molecule has 2 nitrogen and oxygen atoms in total. The van der Waals surface area contributed by atoms with Gasteiger partial charge in [-0.3, -0.25) is 4.79 Å². The maximum Gasteiger partial charge on any atom is 0.165 e. The Kier molecular flexibility index (Phi) is 4.81. The number of rotatable bonds is 5. The lowest BCUT2D eigenvalue weighted by atomic mass is 9.95. The smallest absolute Gasteiger partial charge is 0.165 e. The van der Waals surface area contributed by atoms with E-state index in [9.17, 15) is 4.79 Å². The first kappa shape index (κ1) is 13.0. The first-order chi connectivity index (χ1) is 7.60. The number of benzene rings is 1. The molecule has 0 saturated carbocycles. The van der Waals surface area contributed by atoms with E-state index in [2.05, 4.69) is 6.92 Å². The number of ketones is 1. The van der Waals surface area contributed by atoms with Crippen molar-refractivity contribution in [1.82, 2.24) is 0 Å². The van der Waals surface area contributed by atoms with Crippen molar-refractivity contribution in [3.8, 4) is 5.75 Å². The van der Waals surface area contributed by atoms with Crippen molar-refractivity contribution in [3.05, 3.63) is 28.8 Å². The van der Waals surface area contributed by atoms with E-state index < -0.39 is 0 Å². The Labute approximate surface area is 102 Å². The number of hydrogen-bond acceptors (Lipinski definition) is 2. The fraction of sp³-hybridized carbons (Fsp3) is 0.462. The summed E-state index contributed by atoms with van der Waals surface area (Å²) in [6.07, 6.45) is 1.92. The van der Waals surface area contributed by atoms with Crippen molar-refractivity contribution >= 4 is 17.4 Å². The van der Waals surface area contributed by atoms with Crippen LogP contribution in [-0.2, 0) is 0 Å². The summed E-state index contributed by atoms with van der Waals surface area (Å²) < 4.78 is 5.04. The van der Waals surface area contributed by atoms with Gasteiger partial charge in [0.25, 0.3) is 0 Å². The molecule has 1 atom stereocenters. The van der Waals surface area contributed by atoms with Gasteiger partial charge in [0.2, 0.25) is 0 Å². The van der Waals surface area contributed by atoms with Crippen molar-refractivity contribution in [2.45, 2.75) is 26.7 Å². The highest BCUT2D eigenvalue weighted by Crippen LogP contribution is 2.26. The Balaban J connectivity index is 2.88. The largest absolute Gasteiger partial charge is 0.495 e. The van der Waals surface area contributed by atoms with E-state index in [-0.39, 0.29) is 11.7 Å². The standard InChI is InChI=1S/C13H17ClO2/c1-4-5-9(2)13(15)10-6-7-12(16-3)11(14)8-10/h6-9H,4-5H2,1-3H3. The van der Waals surface area contributed by atoms with Crippen molar-refractivity contribution in [1.29, 1.82) is 0 Å². The van der Waals surface area contributed by atoms with Gasteiger partial charge in [0, 0.05) is 11.5 Å². The Morgan fingerprint density at radius 2 is 2.19 bits per heavy atom. The van der Waals surface area contributed by atoms with Crippen LogP contribution in [-0.4, -0.2) is 12.9 Å². The molecule has 0 aliphatic rings. The SMILES string of the molecule is CCCC(C)C(=O)c1ccc(OC)c(Cl)c1. The van der Waals surface area contributed by atoms with Crippen LogP contribution in [0.15, 0.2) is 18.2 Å². The quantitative estimate of drug-likeness (QED) is 0.728. The van der Waals surface area contributed by atoms with Gasteiger partial charge in [0.05, 0.1) is 12.1 Å². The monoisotopic (exact) mass is 240 g/mol. The molecule has 0 aliphatic heterocycles. The molecule has 3 heteroatoms. The highest BCUT2D eigenvalue weighted by Gasteiger charge is 2.15. The average molecular weight is 241 g/mol. The number of hydrogen-bond donors (Lipinski definition) is 0. The molecule has 88 valence electrons. The summed E-state index contributed by atoms with van der Waals surface area (Å²) in [5.41, 5.74) is 0.659. The Morgan fingerprint density at radius 3 is 2.69 bits per heavy atom. The minimum atomic E-state index is 0.0504. The van der Waals surface area contributed by atoms with Gasteiger partial charge in [-0.05, 0) is 24.6 Å². The van der Waals surface area contributed by atoms with Gasteiger partial charge in [-0.2, -0.15) is 0 Å². The van der Waals surface area contributed by atoms with Gasteiger partial charge < -0.3 is 4.74 Å². The molecule has 0 saturated heterocycles. The van der Waals surface area contributed by atoms with Crippen LogP contribution in [0, 0.1) is 5.92 Å². The third-order valence-corrected chi connectivity index (χ3v) is 2.90. The number of ether oxygens (including phenoxy) is 1. The lowest BCUT2D eigenvalue weighted by Gasteiger charge is -2.10. The zero-order valence-corrected chi connectivity index (χ0v) is 10.7. The molecule has 0 N–H and O–H groups in total. The second kappa shape index (κ2) is 5.90. The molecule has 0 aromatic heterocycles. The molecule has 0 spiro atoms. The highest BCUT2D eigenvalue weighted by molar-refractivity contribution is 6.32. The summed E-state index contributed by atoms with van der Waals surface area (Å²) >= 11 is 5.98. The number of carbonyl (C=O) groups is 1. The fourth-order valence-electron chi connectivity index (χ4n) is 1.67. The molecule has 0 aliphatic carbocycles. The van der Waals surface area contributed by atoms with E-state index in [1.165, 1.54) is 0 Å². The van der Waals surface area contributed by atoms with Crippen molar-refractivity contribution in [3.63, 3.8) is 0 Å². The first-order valence-electron chi connectivity index (χ1n) is 5.47. The third-order valence-electron chi connectivity index (χ3n) is 2.61. The molecule has 0 bridgehead atoms. The van der Waals surface area contributed by atoms with Gasteiger partial charge in [-0.25, -0.2) is 0 Å². The minimum Gasteiger partial charge on any atom is -0.495 e. The van der Waals surface area contributed by atoms with E-state index >= 15 is 0 Å².